The highest BCUT2D eigenvalue weighted by molar-refractivity contribution is 5.50. The van der Waals surface area contributed by atoms with Crippen molar-refractivity contribution in [1.29, 1.82) is 0 Å². The van der Waals surface area contributed by atoms with Gasteiger partial charge in [0.05, 0.1) is 36.4 Å². The van der Waals surface area contributed by atoms with E-state index in [-0.39, 0.29) is 11.1 Å². The van der Waals surface area contributed by atoms with Crippen molar-refractivity contribution in [3.63, 3.8) is 0 Å². The number of halogens is 2. The van der Waals surface area contributed by atoms with Crippen LogP contribution in [0.4, 0.5) is 8.78 Å². The minimum absolute atomic E-state index is 0.0507. The van der Waals surface area contributed by atoms with Gasteiger partial charge >= 0.3 is 0 Å². The molecule has 2 heterocycles. The van der Waals surface area contributed by atoms with Gasteiger partial charge in [-0.15, -0.1) is 0 Å². The molecule has 2 aromatic carbocycles. The number of nitrogens with zero attached hydrogens (tertiary/aromatic N) is 3. The zero-order valence-corrected chi connectivity index (χ0v) is 19.3. The van der Waals surface area contributed by atoms with Gasteiger partial charge in [-0.05, 0) is 68.3 Å². The Hall–Kier alpha value is -3.78. The molecule has 4 rings (SSSR count). The van der Waals surface area contributed by atoms with Gasteiger partial charge in [-0.2, -0.15) is 0 Å². The predicted molar refractivity (Wildman–Crippen MR) is 125 cm³/mol. The molecule has 8 heteroatoms. The van der Waals surface area contributed by atoms with Crippen LogP contribution >= 0.6 is 0 Å². The Labute approximate surface area is 195 Å². The van der Waals surface area contributed by atoms with E-state index in [0.717, 1.165) is 29.6 Å². The van der Waals surface area contributed by atoms with Gasteiger partial charge in [0.15, 0.2) is 0 Å². The fourth-order valence-electron chi connectivity index (χ4n) is 4.05. The summed E-state index contributed by atoms with van der Waals surface area (Å²) in [6, 6.07) is 9.10. The average molecular weight is 466 g/mol. The number of methoxy groups -OCH3 is 1. The molecule has 2 atom stereocenters. The van der Waals surface area contributed by atoms with Crippen molar-refractivity contribution in [2.75, 3.05) is 7.11 Å². The molecule has 0 saturated carbocycles. The van der Waals surface area contributed by atoms with Crippen LogP contribution < -0.4 is 10.3 Å². The topological polar surface area (TPSA) is 69.3 Å². The minimum atomic E-state index is -1.25. The Morgan fingerprint density at radius 3 is 2.47 bits per heavy atom. The van der Waals surface area contributed by atoms with Crippen LogP contribution in [0.2, 0.25) is 0 Å². The summed E-state index contributed by atoms with van der Waals surface area (Å²) in [6.45, 7) is 5.26. The first-order chi connectivity index (χ1) is 16.2. The zero-order valence-electron chi connectivity index (χ0n) is 19.3. The van der Waals surface area contributed by atoms with Crippen molar-refractivity contribution in [1.82, 2.24) is 14.1 Å². The third-order valence-corrected chi connectivity index (χ3v) is 5.84. The highest BCUT2D eigenvalue weighted by Crippen LogP contribution is 2.30. The van der Waals surface area contributed by atoms with Crippen LogP contribution in [0.3, 0.4) is 0 Å². The molecule has 34 heavy (non-hydrogen) atoms. The highest BCUT2D eigenvalue weighted by Gasteiger charge is 2.22. The van der Waals surface area contributed by atoms with E-state index in [4.69, 9.17) is 4.74 Å². The number of ether oxygens (including phenoxy) is 1. The molecule has 176 valence electrons. The summed E-state index contributed by atoms with van der Waals surface area (Å²) in [7, 11) is 1.52. The normalized spacial score (nSPS) is 13.0. The molecule has 0 bridgehead atoms. The Morgan fingerprint density at radius 1 is 1.03 bits per heavy atom. The van der Waals surface area contributed by atoms with E-state index in [1.807, 2.05) is 13.1 Å². The lowest BCUT2D eigenvalue weighted by Crippen LogP contribution is -2.29. The number of benzene rings is 2. The summed E-state index contributed by atoms with van der Waals surface area (Å²) in [5.41, 5.74) is 2.39. The van der Waals surface area contributed by atoms with E-state index >= 15 is 0 Å². The number of aromatic nitrogens is 3. The molecule has 0 fully saturated rings. The summed E-state index contributed by atoms with van der Waals surface area (Å²) >= 11 is 0. The lowest BCUT2D eigenvalue weighted by Gasteiger charge is -2.21. The summed E-state index contributed by atoms with van der Waals surface area (Å²) < 4.78 is 36.8. The van der Waals surface area contributed by atoms with Crippen molar-refractivity contribution in [3.05, 3.63) is 111 Å². The Bertz CT molecular complexity index is 1410. The van der Waals surface area contributed by atoms with E-state index in [1.165, 1.54) is 11.7 Å². The molecule has 2 aromatic heterocycles. The maximum Gasteiger partial charge on any atom is 0.257 e. The van der Waals surface area contributed by atoms with Crippen LogP contribution in [-0.2, 0) is 0 Å². The number of imidazole rings is 1. The van der Waals surface area contributed by atoms with Crippen molar-refractivity contribution < 1.29 is 18.6 Å². The third-order valence-electron chi connectivity index (χ3n) is 5.84. The molecule has 0 radical (unpaired) electrons. The third kappa shape index (κ3) is 4.36. The largest absolute Gasteiger partial charge is 0.495 e. The van der Waals surface area contributed by atoms with Gasteiger partial charge in [-0.25, -0.2) is 13.8 Å². The number of aliphatic hydroxyl groups excluding tert-OH is 1. The zero-order chi connectivity index (χ0) is 24.6. The van der Waals surface area contributed by atoms with Crippen LogP contribution in [-0.4, -0.2) is 26.3 Å². The van der Waals surface area contributed by atoms with Crippen LogP contribution in [0.5, 0.6) is 5.75 Å². The molecule has 0 amide bonds. The second kappa shape index (κ2) is 9.23. The van der Waals surface area contributed by atoms with Crippen LogP contribution in [0, 0.1) is 25.5 Å². The standard InChI is InChI=1S/C26H25F2N3O3/c1-15-9-21(26(33)31(12-15)17(3)20-11-19(27)6-7-22(20)28)25(32)18-5-8-23(24(10-18)34-4)30-13-16(2)29-14-30/h5-14,17,25,32H,1-4H3. The molecule has 0 aliphatic carbocycles. The Balaban J connectivity index is 1.76. The first-order valence-electron chi connectivity index (χ1n) is 10.7. The molecule has 4 aromatic rings. The SMILES string of the molecule is COc1cc(C(O)c2cc(C)cn(C(C)c3cc(F)ccc3F)c2=O)ccc1-n1cnc(C)c1. The molecule has 0 aliphatic rings. The van der Waals surface area contributed by atoms with Crippen molar-refractivity contribution >= 4 is 0 Å². The van der Waals surface area contributed by atoms with Crippen molar-refractivity contribution in [3.8, 4) is 11.4 Å². The van der Waals surface area contributed by atoms with Gasteiger partial charge < -0.3 is 19.0 Å². The van der Waals surface area contributed by atoms with E-state index in [2.05, 4.69) is 4.98 Å². The monoisotopic (exact) mass is 465 g/mol. The predicted octanol–water partition coefficient (Wildman–Crippen LogP) is 4.63. The van der Waals surface area contributed by atoms with Crippen molar-refractivity contribution in [2.24, 2.45) is 0 Å². The van der Waals surface area contributed by atoms with Crippen LogP contribution in [0.25, 0.3) is 5.69 Å². The maximum absolute atomic E-state index is 14.4. The summed E-state index contributed by atoms with van der Waals surface area (Å²) in [5.74, 6) is -0.707. The minimum Gasteiger partial charge on any atom is -0.495 e. The Morgan fingerprint density at radius 2 is 1.79 bits per heavy atom. The molecule has 0 saturated heterocycles. The van der Waals surface area contributed by atoms with E-state index in [1.54, 1.807) is 55.2 Å². The number of rotatable bonds is 6. The van der Waals surface area contributed by atoms with Gasteiger partial charge in [0.2, 0.25) is 0 Å². The molecule has 0 spiro atoms. The smallest absolute Gasteiger partial charge is 0.257 e. The second-order valence-electron chi connectivity index (χ2n) is 8.28. The van der Waals surface area contributed by atoms with Gasteiger partial charge in [0.1, 0.15) is 23.5 Å². The molecule has 1 N–H and O–H groups in total. The highest BCUT2D eigenvalue weighted by atomic mass is 19.1. The average Bonchev–Trinajstić information content (AvgIpc) is 3.26. The fraction of sp³-hybridized carbons (Fsp3) is 0.231. The van der Waals surface area contributed by atoms with Crippen LogP contribution in [0.15, 0.2) is 66.0 Å². The molecule has 2 unspecified atom stereocenters. The number of hydrogen-bond acceptors (Lipinski definition) is 4. The first kappa shape index (κ1) is 23.4. The Kier molecular flexibility index (Phi) is 6.34. The molecular weight excluding hydrogens is 440 g/mol. The summed E-state index contributed by atoms with van der Waals surface area (Å²) in [5, 5.41) is 11.1. The van der Waals surface area contributed by atoms with E-state index in [0.29, 0.717) is 16.9 Å². The first-order valence-corrected chi connectivity index (χ1v) is 10.7. The quantitative estimate of drug-likeness (QED) is 0.451. The van der Waals surface area contributed by atoms with Crippen molar-refractivity contribution in [2.45, 2.75) is 32.9 Å². The van der Waals surface area contributed by atoms with E-state index < -0.39 is 29.3 Å². The van der Waals surface area contributed by atoms with E-state index in [9.17, 15) is 18.7 Å². The second-order valence-corrected chi connectivity index (χ2v) is 8.28. The number of hydrogen-bond donors (Lipinski definition) is 1. The summed E-state index contributed by atoms with van der Waals surface area (Å²) in [6.07, 6.45) is 3.82. The number of aryl methyl sites for hydroxylation is 2. The van der Waals surface area contributed by atoms with Gasteiger partial charge in [-0.3, -0.25) is 4.79 Å². The number of pyridine rings is 1. The van der Waals surface area contributed by atoms with Gasteiger partial charge in [-0.1, -0.05) is 6.07 Å². The number of aliphatic hydroxyl groups is 1. The fourth-order valence-corrected chi connectivity index (χ4v) is 4.05. The lowest BCUT2D eigenvalue weighted by molar-refractivity contribution is 0.217. The van der Waals surface area contributed by atoms with Gasteiger partial charge in [0, 0.05) is 18.0 Å². The molecule has 6 nitrogen and oxygen atoms in total. The lowest BCUT2D eigenvalue weighted by atomic mass is 9.99. The van der Waals surface area contributed by atoms with Crippen LogP contribution in [0.1, 0.15) is 47.0 Å². The van der Waals surface area contributed by atoms with Gasteiger partial charge in [0.25, 0.3) is 5.56 Å². The molecule has 0 aliphatic heterocycles. The summed E-state index contributed by atoms with van der Waals surface area (Å²) in [4.78, 5) is 17.6. The maximum atomic E-state index is 14.4. The molecular formula is C26H25F2N3O3.